The average molecular weight is 341 g/mol. The number of amides is 3. The molecule has 0 fully saturated rings. The minimum Gasteiger partial charge on any atom is -0.496 e. The third-order valence-electron chi connectivity index (χ3n) is 4.16. The summed E-state index contributed by atoms with van der Waals surface area (Å²) < 4.78 is 5.38. The summed E-state index contributed by atoms with van der Waals surface area (Å²) in [5, 5.41) is 2.52. The van der Waals surface area contributed by atoms with Crippen molar-refractivity contribution in [3.8, 4) is 5.75 Å². The number of hydrogen-bond acceptors (Lipinski definition) is 3. The third kappa shape index (κ3) is 4.50. The molecule has 0 spiro atoms. The molecule has 6 nitrogen and oxygen atoms in total. The molecular weight excluding hydrogens is 318 g/mol. The normalized spacial score (nSPS) is 11.5. The number of hydrogen-bond donors (Lipinski definition) is 2. The van der Waals surface area contributed by atoms with Gasteiger partial charge in [0.25, 0.3) is 5.91 Å². The van der Waals surface area contributed by atoms with E-state index < -0.39 is 6.03 Å². The molecule has 3 N–H and O–H groups in total. The number of rotatable bonds is 6. The fourth-order valence-corrected chi connectivity index (χ4v) is 2.55. The van der Waals surface area contributed by atoms with Crippen LogP contribution in [0.4, 0.5) is 4.79 Å². The van der Waals surface area contributed by atoms with Crippen LogP contribution in [0.5, 0.6) is 5.75 Å². The molecule has 0 saturated heterocycles. The molecule has 132 valence electrons. The maximum atomic E-state index is 12.7. The van der Waals surface area contributed by atoms with Gasteiger partial charge in [-0.3, -0.25) is 4.79 Å². The van der Waals surface area contributed by atoms with E-state index >= 15 is 0 Å². The highest BCUT2D eigenvalue weighted by Crippen LogP contribution is 2.28. The Bertz CT molecular complexity index is 744. The van der Waals surface area contributed by atoms with Crippen LogP contribution in [0, 0.1) is 0 Å². The van der Waals surface area contributed by atoms with Crippen LogP contribution in [0.3, 0.4) is 0 Å². The van der Waals surface area contributed by atoms with Gasteiger partial charge in [-0.2, -0.15) is 0 Å². The van der Waals surface area contributed by atoms with Crippen molar-refractivity contribution in [2.75, 3.05) is 14.2 Å². The van der Waals surface area contributed by atoms with Crippen molar-refractivity contribution in [1.82, 2.24) is 10.2 Å². The molecule has 2 aromatic rings. The highest BCUT2D eigenvalue weighted by Gasteiger charge is 2.21. The molecule has 0 aromatic heterocycles. The number of methoxy groups -OCH3 is 1. The number of nitrogens with one attached hydrogen (secondary N) is 1. The maximum absolute atomic E-state index is 12.7. The molecule has 6 heteroatoms. The van der Waals surface area contributed by atoms with Gasteiger partial charge < -0.3 is 20.7 Å². The van der Waals surface area contributed by atoms with Crippen molar-refractivity contribution >= 4 is 11.9 Å². The largest absolute Gasteiger partial charge is 0.496 e. The molecule has 0 aliphatic heterocycles. The molecular formula is C19H23N3O3. The zero-order valence-electron chi connectivity index (χ0n) is 14.7. The molecule has 0 heterocycles. The molecule has 2 aromatic carbocycles. The van der Waals surface area contributed by atoms with Gasteiger partial charge in [-0.25, -0.2) is 4.79 Å². The quantitative estimate of drug-likeness (QED) is 0.847. The second-order valence-corrected chi connectivity index (χ2v) is 5.75. The van der Waals surface area contributed by atoms with Gasteiger partial charge in [0.1, 0.15) is 5.75 Å². The third-order valence-corrected chi connectivity index (χ3v) is 4.16. The lowest BCUT2D eigenvalue weighted by atomic mass is 10.0. The monoisotopic (exact) mass is 341 g/mol. The lowest BCUT2D eigenvalue weighted by molar-refractivity contribution is 0.0741. The van der Waals surface area contributed by atoms with E-state index in [4.69, 9.17) is 10.5 Å². The Labute approximate surface area is 147 Å². The van der Waals surface area contributed by atoms with Crippen molar-refractivity contribution in [2.45, 2.75) is 19.5 Å². The Hall–Kier alpha value is -3.02. The fraction of sp³-hybridized carbons (Fsp3) is 0.263. The first-order valence-corrected chi connectivity index (χ1v) is 7.96. The van der Waals surface area contributed by atoms with Crippen molar-refractivity contribution in [2.24, 2.45) is 5.73 Å². The molecule has 0 aliphatic rings. The summed E-state index contributed by atoms with van der Waals surface area (Å²) in [7, 11) is 3.38. The van der Waals surface area contributed by atoms with E-state index in [2.05, 4.69) is 5.32 Å². The second kappa shape index (κ2) is 8.19. The topological polar surface area (TPSA) is 84.7 Å². The first-order valence-electron chi connectivity index (χ1n) is 7.96. The standard InChI is InChI=1S/C19H23N3O3/c1-13(16-6-4-5-7-17(16)25-3)22(2)18(23)15-10-8-14(9-11-15)12-21-19(20)24/h4-11,13H,12H2,1-3H3,(H3,20,21,24). The first-order chi connectivity index (χ1) is 11.9. The Morgan fingerprint density at radius 3 is 2.40 bits per heavy atom. The second-order valence-electron chi connectivity index (χ2n) is 5.75. The Morgan fingerprint density at radius 1 is 1.16 bits per heavy atom. The van der Waals surface area contributed by atoms with Crippen molar-refractivity contribution in [3.63, 3.8) is 0 Å². The summed E-state index contributed by atoms with van der Waals surface area (Å²) in [5.74, 6) is 0.662. The van der Waals surface area contributed by atoms with Crippen LogP contribution >= 0.6 is 0 Å². The zero-order valence-corrected chi connectivity index (χ0v) is 14.7. The molecule has 3 amide bonds. The summed E-state index contributed by atoms with van der Waals surface area (Å²) in [6.45, 7) is 2.29. The van der Waals surface area contributed by atoms with E-state index in [1.54, 1.807) is 43.3 Å². The van der Waals surface area contributed by atoms with Crippen LogP contribution in [0.25, 0.3) is 0 Å². The zero-order chi connectivity index (χ0) is 18.4. The maximum Gasteiger partial charge on any atom is 0.312 e. The minimum atomic E-state index is -0.578. The Morgan fingerprint density at radius 2 is 1.80 bits per heavy atom. The number of nitrogens with zero attached hydrogens (tertiary/aromatic N) is 1. The van der Waals surface area contributed by atoms with Gasteiger partial charge >= 0.3 is 6.03 Å². The van der Waals surface area contributed by atoms with E-state index in [1.165, 1.54) is 0 Å². The molecule has 0 aliphatic carbocycles. The van der Waals surface area contributed by atoms with Crippen molar-refractivity contribution in [1.29, 1.82) is 0 Å². The van der Waals surface area contributed by atoms with Gasteiger partial charge in [-0.15, -0.1) is 0 Å². The van der Waals surface area contributed by atoms with Crippen molar-refractivity contribution in [3.05, 3.63) is 65.2 Å². The van der Waals surface area contributed by atoms with Gasteiger partial charge in [0.15, 0.2) is 0 Å². The minimum absolute atomic E-state index is 0.0900. The van der Waals surface area contributed by atoms with Gasteiger partial charge in [0.2, 0.25) is 0 Å². The van der Waals surface area contributed by atoms with Gasteiger partial charge in [0, 0.05) is 24.7 Å². The number of urea groups is 1. The number of primary amides is 1. The lowest BCUT2D eigenvalue weighted by Crippen LogP contribution is -2.30. The Kier molecular flexibility index (Phi) is 6.00. The summed E-state index contributed by atoms with van der Waals surface area (Å²) >= 11 is 0. The van der Waals surface area contributed by atoms with Gasteiger partial charge in [0.05, 0.1) is 13.2 Å². The predicted octanol–water partition coefficient (Wildman–Crippen LogP) is 2.70. The molecule has 2 rings (SSSR count). The van der Waals surface area contributed by atoms with Crippen LogP contribution in [0.2, 0.25) is 0 Å². The summed E-state index contributed by atoms with van der Waals surface area (Å²) in [6.07, 6.45) is 0. The Balaban J connectivity index is 2.12. The molecule has 0 bridgehead atoms. The van der Waals surface area contributed by atoms with E-state index in [-0.39, 0.29) is 11.9 Å². The SMILES string of the molecule is COc1ccccc1C(C)N(C)C(=O)c1ccc(CNC(N)=O)cc1. The number of nitrogens with two attached hydrogens (primary N) is 1. The van der Waals surface area contributed by atoms with Gasteiger partial charge in [-0.1, -0.05) is 30.3 Å². The number of ether oxygens (including phenoxy) is 1. The first kappa shape index (κ1) is 18.3. The average Bonchev–Trinajstić information content (AvgIpc) is 2.64. The molecule has 1 unspecified atom stereocenters. The van der Waals surface area contributed by atoms with E-state index in [0.717, 1.165) is 16.9 Å². The summed E-state index contributed by atoms with van der Waals surface area (Å²) in [5.41, 5.74) is 7.44. The summed E-state index contributed by atoms with van der Waals surface area (Å²) in [6, 6.07) is 14.0. The van der Waals surface area contributed by atoms with Crippen LogP contribution < -0.4 is 15.8 Å². The highest BCUT2D eigenvalue weighted by atomic mass is 16.5. The van der Waals surface area contributed by atoms with Crippen LogP contribution in [-0.2, 0) is 6.54 Å². The number of benzene rings is 2. The van der Waals surface area contributed by atoms with E-state index in [1.807, 2.05) is 31.2 Å². The molecule has 1 atom stereocenters. The van der Waals surface area contributed by atoms with Crippen LogP contribution in [0.15, 0.2) is 48.5 Å². The summed E-state index contributed by atoms with van der Waals surface area (Å²) in [4.78, 5) is 25.1. The number of para-hydroxylation sites is 1. The lowest BCUT2D eigenvalue weighted by Gasteiger charge is -2.26. The van der Waals surface area contributed by atoms with Crippen molar-refractivity contribution < 1.29 is 14.3 Å². The predicted molar refractivity (Wildman–Crippen MR) is 96.4 cm³/mol. The highest BCUT2D eigenvalue weighted by molar-refractivity contribution is 5.94. The molecule has 25 heavy (non-hydrogen) atoms. The van der Waals surface area contributed by atoms with E-state index in [9.17, 15) is 9.59 Å². The number of carbonyl (C=O) groups is 2. The number of carbonyl (C=O) groups excluding carboxylic acids is 2. The van der Waals surface area contributed by atoms with E-state index in [0.29, 0.717) is 12.1 Å². The fourth-order valence-electron chi connectivity index (χ4n) is 2.55. The van der Waals surface area contributed by atoms with Crippen LogP contribution in [-0.4, -0.2) is 31.0 Å². The molecule has 0 radical (unpaired) electrons. The van der Waals surface area contributed by atoms with Crippen LogP contribution in [0.1, 0.15) is 34.5 Å². The van der Waals surface area contributed by atoms with Gasteiger partial charge in [-0.05, 0) is 30.7 Å². The smallest absolute Gasteiger partial charge is 0.312 e. The molecule has 0 saturated carbocycles.